The standard InChI is InChI=1S/C24H24N2O4/c1-28-22-5-3-4-19(24(22)29-2)14-18-7-6-17-15-20(8-9-21(17)23(18)27)30-13-12-26-11-10-25-16-26/h3-5,8-11,14-16H,6-7,12-13H2,1-2H3. The van der Waals surface area contributed by atoms with E-state index in [9.17, 15) is 4.79 Å². The molecule has 3 aromatic rings. The SMILES string of the molecule is COc1cccc(C=C2CCc3cc(OCCn4ccnc4)ccc3C2=O)c1OC. The summed E-state index contributed by atoms with van der Waals surface area (Å²) in [6.07, 6.45) is 8.78. The molecule has 1 aliphatic carbocycles. The zero-order valence-corrected chi connectivity index (χ0v) is 17.1. The Labute approximate surface area is 175 Å². The summed E-state index contributed by atoms with van der Waals surface area (Å²) in [4.78, 5) is 17.1. The van der Waals surface area contributed by atoms with Crippen molar-refractivity contribution in [3.8, 4) is 17.2 Å². The minimum atomic E-state index is 0.0473. The Bertz CT molecular complexity index is 1070. The summed E-state index contributed by atoms with van der Waals surface area (Å²) in [5.74, 6) is 2.11. The van der Waals surface area contributed by atoms with Crippen molar-refractivity contribution in [2.75, 3.05) is 20.8 Å². The summed E-state index contributed by atoms with van der Waals surface area (Å²) < 4.78 is 18.7. The summed E-state index contributed by atoms with van der Waals surface area (Å²) in [7, 11) is 3.21. The number of para-hydroxylation sites is 1. The molecule has 0 fully saturated rings. The number of methoxy groups -OCH3 is 2. The van der Waals surface area contributed by atoms with Gasteiger partial charge in [0.25, 0.3) is 0 Å². The van der Waals surface area contributed by atoms with Crippen LogP contribution in [-0.4, -0.2) is 36.2 Å². The molecule has 0 amide bonds. The molecule has 0 spiro atoms. The molecule has 0 N–H and O–H groups in total. The molecule has 6 heteroatoms. The molecule has 0 saturated carbocycles. The number of rotatable bonds is 7. The molecule has 0 atom stereocenters. The van der Waals surface area contributed by atoms with Crippen LogP contribution in [0.4, 0.5) is 0 Å². The van der Waals surface area contributed by atoms with Crippen molar-refractivity contribution in [3.05, 3.63) is 77.4 Å². The predicted octanol–water partition coefficient (Wildman–Crippen LogP) is 4.19. The van der Waals surface area contributed by atoms with E-state index in [1.54, 1.807) is 26.7 Å². The number of aryl methyl sites for hydroxylation is 1. The first-order chi connectivity index (χ1) is 14.7. The first-order valence-corrected chi connectivity index (χ1v) is 9.87. The van der Waals surface area contributed by atoms with Crippen molar-refractivity contribution in [1.82, 2.24) is 9.55 Å². The normalized spacial score (nSPS) is 14.5. The summed E-state index contributed by atoms with van der Waals surface area (Å²) in [6, 6.07) is 11.4. The van der Waals surface area contributed by atoms with Gasteiger partial charge in [0, 0.05) is 29.1 Å². The van der Waals surface area contributed by atoms with Gasteiger partial charge in [-0.15, -0.1) is 0 Å². The van der Waals surface area contributed by atoms with Gasteiger partial charge in [-0.3, -0.25) is 4.79 Å². The molecule has 154 valence electrons. The largest absolute Gasteiger partial charge is 0.493 e. The molecular weight excluding hydrogens is 380 g/mol. The van der Waals surface area contributed by atoms with E-state index in [0.717, 1.165) is 41.0 Å². The first-order valence-electron chi connectivity index (χ1n) is 9.87. The predicted molar refractivity (Wildman–Crippen MR) is 114 cm³/mol. The summed E-state index contributed by atoms with van der Waals surface area (Å²) in [5, 5.41) is 0. The van der Waals surface area contributed by atoms with E-state index in [1.807, 2.05) is 53.2 Å². The molecule has 0 saturated heterocycles. The molecular formula is C24H24N2O4. The molecule has 1 aromatic heterocycles. The van der Waals surface area contributed by atoms with Crippen molar-refractivity contribution in [2.45, 2.75) is 19.4 Å². The Hall–Kier alpha value is -3.54. The Kier molecular flexibility index (Phi) is 5.84. The topological polar surface area (TPSA) is 62.6 Å². The number of carbonyl (C=O) groups excluding carboxylic acids is 1. The van der Waals surface area contributed by atoms with E-state index >= 15 is 0 Å². The second-order valence-corrected chi connectivity index (χ2v) is 7.05. The quantitative estimate of drug-likeness (QED) is 0.553. The van der Waals surface area contributed by atoms with Crippen LogP contribution in [0.2, 0.25) is 0 Å². The van der Waals surface area contributed by atoms with E-state index in [2.05, 4.69) is 4.98 Å². The number of imidazole rings is 1. The number of carbonyl (C=O) groups is 1. The highest BCUT2D eigenvalue weighted by Crippen LogP contribution is 2.35. The second kappa shape index (κ2) is 8.86. The third-order valence-electron chi connectivity index (χ3n) is 5.22. The van der Waals surface area contributed by atoms with Gasteiger partial charge in [0.05, 0.1) is 27.1 Å². The molecule has 4 rings (SSSR count). The average Bonchev–Trinajstić information content (AvgIpc) is 3.29. The molecule has 0 unspecified atom stereocenters. The Morgan fingerprint density at radius 2 is 2.03 bits per heavy atom. The highest BCUT2D eigenvalue weighted by atomic mass is 16.5. The van der Waals surface area contributed by atoms with Gasteiger partial charge in [-0.05, 0) is 48.7 Å². The number of fused-ring (bicyclic) bond motifs is 1. The lowest BCUT2D eigenvalue weighted by molar-refractivity contribution is 0.102. The summed E-state index contributed by atoms with van der Waals surface area (Å²) >= 11 is 0. The molecule has 2 aromatic carbocycles. The zero-order valence-electron chi connectivity index (χ0n) is 17.1. The van der Waals surface area contributed by atoms with Crippen LogP contribution in [0.1, 0.15) is 27.9 Å². The Balaban J connectivity index is 1.51. The van der Waals surface area contributed by atoms with Crippen LogP contribution in [0.3, 0.4) is 0 Å². The Morgan fingerprint density at radius 3 is 2.80 bits per heavy atom. The second-order valence-electron chi connectivity index (χ2n) is 7.05. The number of aromatic nitrogens is 2. The maximum atomic E-state index is 13.1. The molecule has 0 aliphatic heterocycles. The molecule has 30 heavy (non-hydrogen) atoms. The molecule has 0 bridgehead atoms. The van der Waals surface area contributed by atoms with Gasteiger partial charge in [-0.25, -0.2) is 4.98 Å². The van der Waals surface area contributed by atoms with E-state index < -0.39 is 0 Å². The van der Waals surface area contributed by atoms with Crippen molar-refractivity contribution in [3.63, 3.8) is 0 Å². The van der Waals surface area contributed by atoms with Crippen LogP contribution in [-0.2, 0) is 13.0 Å². The van der Waals surface area contributed by atoms with Gasteiger partial charge < -0.3 is 18.8 Å². The number of allylic oxidation sites excluding steroid dienone is 1. The number of Topliss-reactive ketones (excluding diaryl/α,β-unsaturated/α-hetero) is 1. The van der Waals surface area contributed by atoms with Crippen molar-refractivity contribution >= 4 is 11.9 Å². The zero-order chi connectivity index (χ0) is 20.9. The van der Waals surface area contributed by atoms with Crippen LogP contribution in [0.15, 0.2) is 60.7 Å². The Morgan fingerprint density at radius 1 is 1.13 bits per heavy atom. The van der Waals surface area contributed by atoms with Gasteiger partial charge in [0.2, 0.25) is 0 Å². The number of ether oxygens (including phenoxy) is 3. The fourth-order valence-electron chi connectivity index (χ4n) is 3.68. The fourth-order valence-corrected chi connectivity index (χ4v) is 3.68. The number of hydrogen-bond acceptors (Lipinski definition) is 5. The maximum absolute atomic E-state index is 13.1. The van der Waals surface area contributed by atoms with Crippen molar-refractivity contribution in [2.24, 2.45) is 0 Å². The number of benzene rings is 2. The third kappa shape index (κ3) is 4.08. The highest BCUT2D eigenvalue weighted by molar-refractivity contribution is 6.13. The lowest BCUT2D eigenvalue weighted by Crippen LogP contribution is -2.14. The van der Waals surface area contributed by atoms with E-state index in [4.69, 9.17) is 14.2 Å². The van der Waals surface area contributed by atoms with Crippen LogP contribution < -0.4 is 14.2 Å². The number of hydrogen-bond donors (Lipinski definition) is 0. The van der Waals surface area contributed by atoms with Crippen LogP contribution in [0, 0.1) is 0 Å². The van der Waals surface area contributed by atoms with Gasteiger partial charge in [0.1, 0.15) is 12.4 Å². The van der Waals surface area contributed by atoms with Crippen LogP contribution in [0.25, 0.3) is 6.08 Å². The summed E-state index contributed by atoms with van der Waals surface area (Å²) in [5.41, 5.74) is 3.36. The maximum Gasteiger partial charge on any atom is 0.189 e. The minimum absolute atomic E-state index is 0.0473. The minimum Gasteiger partial charge on any atom is -0.493 e. The molecule has 1 heterocycles. The molecule has 0 radical (unpaired) electrons. The smallest absolute Gasteiger partial charge is 0.189 e. The molecule has 1 aliphatic rings. The van der Waals surface area contributed by atoms with E-state index in [1.165, 1.54) is 0 Å². The molecule has 6 nitrogen and oxygen atoms in total. The third-order valence-corrected chi connectivity index (χ3v) is 5.22. The number of ketones is 1. The van der Waals surface area contributed by atoms with Crippen molar-refractivity contribution in [1.29, 1.82) is 0 Å². The average molecular weight is 404 g/mol. The summed E-state index contributed by atoms with van der Waals surface area (Å²) in [6.45, 7) is 1.27. The fraction of sp³-hybridized carbons (Fsp3) is 0.250. The highest BCUT2D eigenvalue weighted by Gasteiger charge is 2.23. The number of nitrogens with zero attached hydrogens (tertiary/aromatic N) is 2. The van der Waals surface area contributed by atoms with Gasteiger partial charge in [-0.2, -0.15) is 0 Å². The van der Waals surface area contributed by atoms with Gasteiger partial charge in [-0.1, -0.05) is 12.1 Å². The lowest BCUT2D eigenvalue weighted by atomic mass is 9.86. The van der Waals surface area contributed by atoms with E-state index in [-0.39, 0.29) is 5.78 Å². The van der Waals surface area contributed by atoms with Crippen LogP contribution >= 0.6 is 0 Å². The monoisotopic (exact) mass is 404 g/mol. The van der Waals surface area contributed by atoms with Crippen molar-refractivity contribution < 1.29 is 19.0 Å². The lowest BCUT2D eigenvalue weighted by Gasteiger charge is -2.19. The van der Waals surface area contributed by atoms with E-state index in [0.29, 0.717) is 24.5 Å². The van der Waals surface area contributed by atoms with Gasteiger partial charge >= 0.3 is 0 Å². The van der Waals surface area contributed by atoms with Gasteiger partial charge in [0.15, 0.2) is 17.3 Å². The first kappa shape index (κ1) is 19.8. The van der Waals surface area contributed by atoms with Crippen LogP contribution in [0.5, 0.6) is 17.2 Å².